The number of carbonyl (C=O) groups is 2. The summed E-state index contributed by atoms with van der Waals surface area (Å²) in [4.78, 5) is 27.7. The van der Waals surface area contributed by atoms with Gasteiger partial charge in [0.1, 0.15) is 0 Å². The van der Waals surface area contributed by atoms with Crippen molar-refractivity contribution in [2.24, 2.45) is 0 Å². The standard InChI is InChI=1S/C17H24N2O3/c1-3-15-6-4-5-7-16(15)19(14(2)20)9-8-17(21)18-10-12-22-13-11-18/h4-7H,3,8-13H2,1-2H3. The fourth-order valence-corrected chi connectivity index (χ4v) is 2.70. The lowest BCUT2D eigenvalue weighted by atomic mass is 10.1. The van der Waals surface area contributed by atoms with E-state index in [0.717, 1.165) is 17.7 Å². The first-order chi connectivity index (χ1) is 10.6. The summed E-state index contributed by atoms with van der Waals surface area (Å²) < 4.78 is 5.25. The second-order valence-electron chi connectivity index (χ2n) is 5.40. The second-order valence-corrected chi connectivity index (χ2v) is 5.40. The van der Waals surface area contributed by atoms with Crippen molar-refractivity contribution in [1.29, 1.82) is 0 Å². The first kappa shape index (κ1) is 16.5. The highest BCUT2D eigenvalue weighted by molar-refractivity contribution is 5.93. The van der Waals surface area contributed by atoms with Gasteiger partial charge in [0, 0.05) is 38.7 Å². The number of rotatable bonds is 5. The summed E-state index contributed by atoms with van der Waals surface area (Å²) in [5.41, 5.74) is 2.03. The van der Waals surface area contributed by atoms with Crippen molar-refractivity contribution < 1.29 is 14.3 Å². The van der Waals surface area contributed by atoms with E-state index in [2.05, 4.69) is 6.92 Å². The third-order valence-electron chi connectivity index (χ3n) is 3.96. The number of ether oxygens (including phenoxy) is 1. The van der Waals surface area contributed by atoms with E-state index in [4.69, 9.17) is 4.74 Å². The highest BCUT2D eigenvalue weighted by Gasteiger charge is 2.20. The lowest BCUT2D eigenvalue weighted by Crippen LogP contribution is -2.42. The Morgan fingerprint density at radius 2 is 1.91 bits per heavy atom. The normalized spacial score (nSPS) is 14.7. The van der Waals surface area contributed by atoms with Crippen LogP contribution in [0.5, 0.6) is 0 Å². The summed E-state index contributed by atoms with van der Waals surface area (Å²) in [6.07, 6.45) is 1.20. The minimum absolute atomic E-state index is 0.0318. The summed E-state index contributed by atoms with van der Waals surface area (Å²) >= 11 is 0. The minimum atomic E-state index is -0.0318. The molecule has 2 amide bonds. The molecule has 0 unspecified atom stereocenters. The molecule has 0 atom stereocenters. The van der Waals surface area contributed by atoms with Crippen LogP contribution in [-0.4, -0.2) is 49.6 Å². The largest absolute Gasteiger partial charge is 0.378 e. The number of hydrogen-bond donors (Lipinski definition) is 0. The lowest BCUT2D eigenvalue weighted by Gasteiger charge is -2.29. The van der Waals surface area contributed by atoms with Gasteiger partial charge in [-0.05, 0) is 18.1 Å². The minimum Gasteiger partial charge on any atom is -0.378 e. The van der Waals surface area contributed by atoms with Crippen LogP contribution < -0.4 is 4.90 Å². The van der Waals surface area contributed by atoms with Gasteiger partial charge in [-0.15, -0.1) is 0 Å². The molecule has 0 spiro atoms. The summed E-state index contributed by atoms with van der Waals surface area (Å²) in [5.74, 6) is 0.0548. The molecule has 5 nitrogen and oxygen atoms in total. The molecule has 22 heavy (non-hydrogen) atoms. The molecular formula is C17H24N2O3. The van der Waals surface area contributed by atoms with Gasteiger partial charge in [-0.2, -0.15) is 0 Å². The Morgan fingerprint density at radius 1 is 1.23 bits per heavy atom. The molecule has 1 heterocycles. The maximum absolute atomic E-state index is 12.2. The first-order valence-corrected chi connectivity index (χ1v) is 7.85. The Balaban J connectivity index is 2.03. The van der Waals surface area contributed by atoms with Gasteiger partial charge in [-0.3, -0.25) is 9.59 Å². The Kier molecular flexibility index (Phi) is 5.95. The number of aryl methyl sites for hydroxylation is 1. The zero-order chi connectivity index (χ0) is 15.9. The predicted octanol–water partition coefficient (Wildman–Crippen LogP) is 1.85. The van der Waals surface area contributed by atoms with Gasteiger partial charge in [0.25, 0.3) is 0 Å². The summed E-state index contributed by atoms with van der Waals surface area (Å²) in [5, 5.41) is 0. The summed E-state index contributed by atoms with van der Waals surface area (Å²) in [6.45, 7) is 6.51. The zero-order valence-corrected chi connectivity index (χ0v) is 13.4. The average Bonchev–Trinajstić information content (AvgIpc) is 2.55. The van der Waals surface area contributed by atoms with Gasteiger partial charge in [0.2, 0.25) is 11.8 Å². The fraction of sp³-hybridized carbons (Fsp3) is 0.529. The molecule has 0 radical (unpaired) electrons. The summed E-state index contributed by atoms with van der Waals surface area (Å²) in [7, 11) is 0. The predicted molar refractivity (Wildman–Crippen MR) is 85.9 cm³/mol. The fourth-order valence-electron chi connectivity index (χ4n) is 2.70. The Bertz CT molecular complexity index is 524. The lowest BCUT2D eigenvalue weighted by molar-refractivity contribution is -0.135. The smallest absolute Gasteiger partial charge is 0.224 e. The first-order valence-electron chi connectivity index (χ1n) is 7.85. The van der Waals surface area contributed by atoms with Crippen LogP contribution >= 0.6 is 0 Å². The van der Waals surface area contributed by atoms with Crippen LogP contribution in [-0.2, 0) is 20.7 Å². The number of carbonyl (C=O) groups excluding carboxylic acids is 2. The third kappa shape index (κ3) is 4.07. The quantitative estimate of drug-likeness (QED) is 0.834. The van der Waals surface area contributed by atoms with E-state index in [1.54, 1.807) is 11.8 Å². The third-order valence-corrected chi connectivity index (χ3v) is 3.96. The molecule has 0 aliphatic carbocycles. The Hall–Kier alpha value is -1.88. The number of morpholine rings is 1. The van der Waals surface area contributed by atoms with Crippen LogP contribution in [0.3, 0.4) is 0 Å². The van der Waals surface area contributed by atoms with Crippen LogP contribution in [0.2, 0.25) is 0 Å². The van der Waals surface area contributed by atoms with Crippen molar-refractivity contribution in [1.82, 2.24) is 4.90 Å². The molecule has 2 rings (SSSR count). The van der Waals surface area contributed by atoms with E-state index in [1.807, 2.05) is 29.2 Å². The summed E-state index contributed by atoms with van der Waals surface area (Å²) in [6, 6.07) is 7.86. The van der Waals surface area contributed by atoms with E-state index in [9.17, 15) is 9.59 Å². The highest BCUT2D eigenvalue weighted by Crippen LogP contribution is 2.21. The molecule has 120 valence electrons. The van der Waals surface area contributed by atoms with Gasteiger partial charge in [-0.25, -0.2) is 0 Å². The second kappa shape index (κ2) is 7.94. The van der Waals surface area contributed by atoms with Crippen molar-refractivity contribution in [2.75, 3.05) is 37.7 Å². The van der Waals surface area contributed by atoms with Crippen molar-refractivity contribution >= 4 is 17.5 Å². The van der Waals surface area contributed by atoms with Gasteiger partial charge in [-0.1, -0.05) is 25.1 Å². The van der Waals surface area contributed by atoms with Crippen molar-refractivity contribution in [2.45, 2.75) is 26.7 Å². The number of anilines is 1. The van der Waals surface area contributed by atoms with E-state index in [-0.39, 0.29) is 11.8 Å². The molecule has 1 aromatic carbocycles. The van der Waals surface area contributed by atoms with E-state index >= 15 is 0 Å². The zero-order valence-electron chi connectivity index (χ0n) is 13.4. The SMILES string of the molecule is CCc1ccccc1N(CCC(=O)N1CCOCC1)C(C)=O. The van der Waals surface area contributed by atoms with E-state index in [0.29, 0.717) is 39.3 Å². The van der Waals surface area contributed by atoms with Gasteiger partial charge in [0.05, 0.1) is 13.2 Å². The number of para-hydroxylation sites is 1. The maximum Gasteiger partial charge on any atom is 0.224 e. The molecule has 0 aromatic heterocycles. The monoisotopic (exact) mass is 304 g/mol. The van der Waals surface area contributed by atoms with Crippen molar-refractivity contribution in [3.8, 4) is 0 Å². The van der Waals surface area contributed by atoms with Crippen LogP contribution in [0.25, 0.3) is 0 Å². The van der Waals surface area contributed by atoms with Gasteiger partial charge >= 0.3 is 0 Å². The average molecular weight is 304 g/mol. The molecule has 1 aliphatic heterocycles. The van der Waals surface area contributed by atoms with Crippen LogP contribution in [0, 0.1) is 0 Å². The Labute approximate surface area is 131 Å². The molecule has 5 heteroatoms. The van der Waals surface area contributed by atoms with Crippen molar-refractivity contribution in [3.05, 3.63) is 29.8 Å². The molecule has 0 saturated carbocycles. The van der Waals surface area contributed by atoms with Crippen molar-refractivity contribution in [3.63, 3.8) is 0 Å². The molecule has 1 fully saturated rings. The maximum atomic E-state index is 12.2. The van der Waals surface area contributed by atoms with Gasteiger partial charge < -0.3 is 14.5 Å². The molecular weight excluding hydrogens is 280 g/mol. The van der Waals surface area contributed by atoms with E-state index < -0.39 is 0 Å². The van der Waals surface area contributed by atoms with E-state index in [1.165, 1.54) is 0 Å². The molecule has 0 bridgehead atoms. The number of benzene rings is 1. The molecule has 1 aromatic rings. The van der Waals surface area contributed by atoms with Crippen LogP contribution in [0.15, 0.2) is 24.3 Å². The molecule has 1 saturated heterocycles. The number of amides is 2. The molecule has 1 aliphatic rings. The number of nitrogens with zero attached hydrogens (tertiary/aromatic N) is 2. The molecule has 0 N–H and O–H groups in total. The highest BCUT2D eigenvalue weighted by atomic mass is 16.5. The Morgan fingerprint density at radius 3 is 2.55 bits per heavy atom. The number of hydrogen-bond acceptors (Lipinski definition) is 3. The van der Waals surface area contributed by atoms with Crippen LogP contribution in [0.4, 0.5) is 5.69 Å². The topological polar surface area (TPSA) is 49.9 Å². The van der Waals surface area contributed by atoms with Crippen LogP contribution in [0.1, 0.15) is 25.8 Å². The van der Waals surface area contributed by atoms with Gasteiger partial charge in [0.15, 0.2) is 0 Å².